The SMILES string of the molecule is CCC(C)C(=O)N[C@@H]1CCCN1C(=O)[C@@H]1[C@@H](c2ccccc2)[C@]2(c3ccc(OC)cc3)Oc3cc(OC)cc(OC)c3[C@@]1(O)[C@@H]2OC(C)=O. The number of likely N-dealkylation sites (tertiary alicyclic amines) is 1. The summed E-state index contributed by atoms with van der Waals surface area (Å²) in [7, 11) is 4.52. The van der Waals surface area contributed by atoms with E-state index < -0.39 is 47.2 Å². The smallest absolute Gasteiger partial charge is 0.303 e. The average Bonchev–Trinajstić information content (AvgIpc) is 3.63. The quantitative estimate of drug-likeness (QED) is 0.296. The molecule has 7 atom stereocenters. The van der Waals surface area contributed by atoms with Gasteiger partial charge in [-0.15, -0.1) is 0 Å². The molecule has 2 bridgehead atoms. The second-order valence-electron chi connectivity index (χ2n) is 13.0. The summed E-state index contributed by atoms with van der Waals surface area (Å²) in [5, 5.41) is 16.6. The molecule has 1 saturated carbocycles. The number of carbonyl (C=O) groups is 3. The molecule has 11 nitrogen and oxygen atoms in total. The first kappa shape index (κ1) is 34.1. The standard InChI is InChI=1S/C38H44N2O9/c1-7-22(2)34(42)39-30-14-11-19-40(30)35(43)33-31(24-12-9-8-10-13-24)38(25-15-17-26(45-4)18-16-25)36(48-23(3)41)37(33,44)32-28(47-6)20-27(46-5)21-29(32)49-38/h8-10,12-13,15-18,20-22,30-31,33,36,44H,7,11,14,19H2,1-6H3,(H,39,42)/t22?,30-,31+,33-,36-,37-,38-/m0/s1. The van der Waals surface area contributed by atoms with Crippen LogP contribution in [0.3, 0.4) is 0 Å². The number of hydrogen-bond acceptors (Lipinski definition) is 9. The minimum Gasteiger partial charge on any atom is -0.497 e. The maximum atomic E-state index is 15.4. The number of amides is 2. The van der Waals surface area contributed by atoms with Crippen LogP contribution < -0.4 is 24.3 Å². The van der Waals surface area contributed by atoms with Crippen molar-refractivity contribution in [3.8, 4) is 23.0 Å². The van der Waals surface area contributed by atoms with Gasteiger partial charge in [-0.05, 0) is 37.0 Å². The van der Waals surface area contributed by atoms with Crippen molar-refractivity contribution in [1.82, 2.24) is 10.2 Å². The lowest BCUT2D eigenvalue weighted by molar-refractivity contribution is -0.196. The molecular formula is C38H44N2O9. The molecule has 49 heavy (non-hydrogen) atoms. The van der Waals surface area contributed by atoms with Gasteiger partial charge in [0.2, 0.25) is 11.8 Å². The van der Waals surface area contributed by atoms with Crippen LogP contribution in [-0.4, -0.2) is 67.9 Å². The highest BCUT2D eigenvalue weighted by Gasteiger charge is 2.78. The van der Waals surface area contributed by atoms with Crippen molar-refractivity contribution >= 4 is 17.8 Å². The molecular weight excluding hydrogens is 628 g/mol. The molecule has 1 saturated heterocycles. The van der Waals surface area contributed by atoms with Gasteiger partial charge in [0.1, 0.15) is 29.2 Å². The third kappa shape index (κ3) is 5.44. The second-order valence-corrected chi connectivity index (χ2v) is 13.0. The van der Waals surface area contributed by atoms with Crippen LogP contribution in [0.25, 0.3) is 0 Å². The average molecular weight is 673 g/mol. The van der Waals surface area contributed by atoms with E-state index in [2.05, 4.69) is 5.32 Å². The molecule has 260 valence electrons. The Balaban J connectivity index is 1.66. The molecule has 1 unspecified atom stereocenters. The monoisotopic (exact) mass is 672 g/mol. The number of rotatable bonds is 10. The van der Waals surface area contributed by atoms with Crippen molar-refractivity contribution in [1.29, 1.82) is 0 Å². The Bertz CT molecular complexity index is 1710. The van der Waals surface area contributed by atoms with Gasteiger partial charge in [0, 0.05) is 43.0 Å². The van der Waals surface area contributed by atoms with Gasteiger partial charge in [0.15, 0.2) is 17.3 Å². The van der Waals surface area contributed by atoms with Crippen LogP contribution in [0.15, 0.2) is 66.7 Å². The molecule has 2 aliphatic heterocycles. The zero-order chi connectivity index (χ0) is 35.1. The lowest BCUT2D eigenvalue weighted by Crippen LogP contribution is -2.57. The van der Waals surface area contributed by atoms with E-state index in [1.807, 2.05) is 44.2 Å². The molecule has 2 fully saturated rings. The molecule has 0 radical (unpaired) electrons. The summed E-state index contributed by atoms with van der Waals surface area (Å²) < 4.78 is 30.2. The van der Waals surface area contributed by atoms with Crippen molar-refractivity contribution in [3.63, 3.8) is 0 Å². The number of nitrogens with one attached hydrogen (secondary N) is 1. The van der Waals surface area contributed by atoms with Gasteiger partial charge < -0.3 is 39.0 Å². The molecule has 11 heteroatoms. The maximum absolute atomic E-state index is 15.4. The number of nitrogens with zero attached hydrogens (tertiary/aromatic N) is 1. The highest BCUT2D eigenvalue weighted by Crippen LogP contribution is 2.69. The summed E-state index contributed by atoms with van der Waals surface area (Å²) >= 11 is 0. The maximum Gasteiger partial charge on any atom is 0.303 e. The predicted molar refractivity (Wildman–Crippen MR) is 179 cm³/mol. The van der Waals surface area contributed by atoms with Crippen molar-refractivity contribution < 1.29 is 43.2 Å². The molecule has 2 N–H and O–H groups in total. The first-order valence-electron chi connectivity index (χ1n) is 16.7. The number of carbonyl (C=O) groups excluding carboxylic acids is 3. The number of fused-ring (bicyclic) bond motifs is 4. The number of benzene rings is 3. The highest BCUT2D eigenvalue weighted by atomic mass is 16.6. The van der Waals surface area contributed by atoms with Crippen molar-refractivity contribution in [2.75, 3.05) is 27.9 Å². The third-order valence-corrected chi connectivity index (χ3v) is 10.4. The van der Waals surface area contributed by atoms with Gasteiger partial charge in [-0.3, -0.25) is 14.4 Å². The summed E-state index contributed by atoms with van der Waals surface area (Å²) in [4.78, 5) is 43.2. The topological polar surface area (TPSA) is 133 Å². The summed E-state index contributed by atoms with van der Waals surface area (Å²) in [6.07, 6.45) is -0.147. The van der Waals surface area contributed by atoms with Gasteiger partial charge in [-0.1, -0.05) is 56.3 Å². The van der Waals surface area contributed by atoms with Crippen LogP contribution in [0.4, 0.5) is 0 Å². The number of ether oxygens (including phenoxy) is 5. The predicted octanol–water partition coefficient (Wildman–Crippen LogP) is 4.64. The van der Waals surface area contributed by atoms with Crippen LogP contribution in [0, 0.1) is 11.8 Å². The van der Waals surface area contributed by atoms with Gasteiger partial charge in [0.05, 0.1) is 32.8 Å². The lowest BCUT2D eigenvalue weighted by Gasteiger charge is -2.46. The summed E-state index contributed by atoms with van der Waals surface area (Å²) in [6, 6.07) is 19.7. The molecule has 0 aromatic heterocycles. The highest BCUT2D eigenvalue weighted by molar-refractivity contribution is 5.86. The summed E-state index contributed by atoms with van der Waals surface area (Å²) in [6.45, 7) is 5.41. The minimum atomic E-state index is -2.18. The first-order valence-corrected chi connectivity index (χ1v) is 16.7. The largest absolute Gasteiger partial charge is 0.497 e. The van der Waals surface area contributed by atoms with Crippen molar-refractivity contribution in [2.24, 2.45) is 11.8 Å². The molecule has 0 spiro atoms. The summed E-state index contributed by atoms with van der Waals surface area (Å²) in [5.41, 5.74) is -2.40. The van der Waals surface area contributed by atoms with Gasteiger partial charge >= 0.3 is 5.97 Å². The van der Waals surface area contributed by atoms with Crippen LogP contribution in [-0.2, 0) is 30.3 Å². The molecule has 2 heterocycles. The van der Waals surface area contributed by atoms with E-state index in [4.69, 9.17) is 23.7 Å². The Morgan fingerprint density at radius 1 is 1.00 bits per heavy atom. The number of aliphatic hydroxyl groups is 1. The first-order chi connectivity index (χ1) is 23.5. The zero-order valence-electron chi connectivity index (χ0n) is 28.7. The molecule has 2 amide bonds. The molecule has 3 aromatic rings. The van der Waals surface area contributed by atoms with Crippen LogP contribution in [0.2, 0.25) is 0 Å². The fourth-order valence-corrected chi connectivity index (χ4v) is 7.93. The lowest BCUT2D eigenvalue weighted by atomic mass is 9.75. The normalized spacial score (nSPS) is 27.4. The number of methoxy groups -OCH3 is 3. The molecule has 6 rings (SSSR count). The van der Waals surface area contributed by atoms with Gasteiger partial charge in [0.25, 0.3) is 0 Å². The molecule has 3 aliphatic rings. The van der Waals surface area contributed by atoms with Crippen LogP contribution in [0.5, 0.6) is 23.0 Å². The van der Waals surface area contributed by atoms with Gasteiger partial charge in [-0.25, -0.2) is 0 Å². The number of hydrogen-bond donors (Lipinski definition) is 2. The Kier molecular flexibility index (Phi) is 9.23. The second kappa shape index (κ2) is 13.3. The Morgan fingerprint density at radius 2 is 1.69 bits per heavy atom. The molecule has 3 aromatic carbocycles. The van der Waals surface area contributed by atoms with Crippen LogP contribution >= 0.6 is 0 Å². The zero-order valence-corrected chi connectivity index (χ0v) is 28.7. The Hall–Kier alpha value is -4.77. The summed E-state index contributed by atoms with van der Waals surface area (Å²) in [5.74, 6) is -2.24. The van der Waals surface area contributed by atoms with E-state index in [1.165, 1.54) is 21.1 Å². The van der Waals surface area contributed by atoms with E-state index in [1.54, 1.807) is 48.4 Å². The van der Waals surface area contributed by atoms with E-state index in [0.717, 1.165) is 0 Å². The fourth-order valence-electron chi connectivity index (χ4n) is 7.93. The van der Waals surface area contributed by atoms with Gasteiger partial charge in [-0.2, -0.15) is 0 Å². The Morgan fingerprint density at radius 3 is 2.31 bits per heavy atom. The van der Waals surface area contributed by atoms with E-state index >= 15 is 4.79 Å². The van der Waals surface area contributed by atoms with E-state index in [-0.39, 0.29) is 28.9 Å². The van der Waals surface area contributed by atoms with E-state index in [0.29, 0.717) is 48.4 Å². The third-order valence-electron chi connectivity index (χ3n) is 10.4. The van der Waals surface area contributed by atoms with Crippen molar-refractivity contribution in [2.45, 2.75) is 69.4 Å². The number of esters is 1. The Labute approximate surface area is 286 Å². The van der Waals surface area contributed by atoms with Crippen LogP contribution in [0.1, 0.15) is 62.6 Å². The molecule has 1 aliphatic carbocycles. The van der Waals surface area contributed by atoms with Crippen molar-refractivity contribution in [3.05, 3.63) is 83.4 Å². The fraction of sp³-hybridized carbons (Fsp3) is 0.447. The van der Waals surface area contributed by atoms with E-state index in [9.17, 15) is 14.7 Å². The minimum absolute atomic E-state index is 0.148.